The third kappa shape index (κ3) is 3.48. The van der Waals surface area contributed by atoms with E-state index in [0.29, 0.717) is 0 Å². The van der Waals surface area contributed by atoms with Gasteiger partial charge in [-0.05, 0) is 49.1 Å². The summed E-state index contributed by atoms with van der Waals surface area (Å²) in [6.45, 7) is 2.92. The highest BCUT2D eigenvalue weighted by atomic mass is 16.5. The van der Waals surface area contributed by atoms with Crippen molar-refractivity contribution < 1.29 is 4.74 Å². The highest BCUT2D eigenvalue weighted by molar-refractivity contribution is 5.58. The van der Waals surface area contributed by atoms with E-state index < -0.39 is 0 Å². The predicted molar refractivity (Wildman–Crippen MR) is 87.9 cm³/mol. The van der Waals surface area contributed by atoms with Crippen LogP contribution in [0.15, 0.2) is 48.5 Å². The molecule has 3 nitrogen and oxygen atoms in total. The molecule has 0 bridgehead atoms. The average Bonchev–Trinajstić information content (AvgIpc) is 2.70. The van der Waals surface area contributed by atoms with Gasteiger partial charge in [0.25, 0.3) is 0 Å². The summed E-state index contributed by atoms with van der Waals surface area (Å²) in [6.07, 6.45) is 3.26. The summed E-state index contributed by atoms with van der Waals surface area (Å²) in [4.78, 5) is 2.44. The maximum Gasteiger partial charge on any atom is 0.142 e. The minimum absolute atomic E-state index is 0.808. The first kappa shape index (κ1) is 13.8. The smallest absolute Gasteiger partial charge is 0.142 e. The number of nitrogens with zero attached hydrogens (tertiary/aromatic N) is 1. The van der Waals surface area contributed by atoms with Crippen LogP contribution in [-0.2, 0) is 6.42 Å². The highest BCUT2D eigenvalue weighted by Gasteiger charge is 2.15. The first-order chi connectivity index (χ1) is 10.3. The summed E-state index contributed by atoms with van der Waals surface area (Å²) >= 11 is 0. The number of hydrogen-bond donors (Lipinski definition) is 1. The number of benzene rings is 2. The van der Waals surface area contributed by atoms with Gasteiger partial charge in [-0.1, -0.05) is 24.3 Å². The van der Waals surface area contributed by atoms with Crippen LogP contribution in [0.1, 0.15) is 18.4 Å². The number of nitrogens with two attached hydrogens (primary N) is 1. The van der Waals surface area contributed by atoms with Crippen molar-refractivity contribution in [1.82, 2.24) is 0 Å². The number of anilines is 2. The van der Waals surface area contributed by atoms with Crippen molar-refractivity contribution in [3.8, 4) is 5.75 Å². The summed E-state index contributed by atoms with van der Waals surface area (Å²) in [5, 5.41) is 0. The van der Waals surface area contributed by atoms with Crippen molar-refractivity contribution >= 4 is 11.4 Å². The molecule has 0 spiro atoms. The molecule has 3 rings (SSSR count). The van der Waals surface area contributed by atoms with E-state index in [1.807, 2.05) is 18.2 Å². The van der Waals surface area contributed by atoms with Crippen molar-refractivity contribution in [1.29, 1.82) is 0 Å². The molecule has 0 saturated carbocycles. The Kier molecular flexibility index (Phi) is 4.29. The van der Waals surface area contributed by atoms with E-state index >= 15 is 0 Å². The normalized spacial score (nSPS) is 14.2. The van der Waals surface area contributed by atoms with Crippen LogP contribution in [0, 0.1) is 0 Å². The van der Waals surface area contributed by atoms with Crippen molar-refractivity contribution in [2.45, 2.75) is 19.3 Å². The van der Waals surface area contributed by atoms with Crippen LogP contribution in [0.25, 0.3) is 0 Å². The molecule has 1 aliphatic heterocycles. The quantitative estimate of drug-likeness (QED) is 0.872. The van der Waals surface area contributed by atoms with Gasteiger partial charge in [-0.25, -0.2) is 0 Å². The Bertz CT molecular complexity index is 597. The van der Waals surface area contributed by atoms with Gasteiger partial charge in [-0.3, -0.25) is 0 Å². The minimum atomic E-state index is 0.808. The fourth-order valence-electron chi connectivity index (χ4n) is 2.85. The van der Waals surface area contributed by atoms with Crippen LogP contribution in [0.5, 0.6) is 5.75 Å². The van der Waals surface area contributed by atoms with Crippen molar-refractivity contribution in [3.05, 3.63) is 54.1 Å². The third-order valence-electron chi connectivity index (χ3n) is 3.88. The van der Waals surface area contributed by atoms with Crippen LogP contribution in [-0.4, -0.2) is 19.7 Å². The van der Waals surface area contributed by atoms with Crippen molar-refractivity contribution in [2.24, 2.45) is 0 Å². The zero-order valence-electron chi connectivity index (χ0n) is 12.3. The molecule has 0 aromatic heterocycles. The molecule has 0 unspecified atom stereocenters. The Morgan fingerprint density at radius 2 is 2.00 bits per heavy atom. The van der Waals surface area contributed by atoms with Gasteiger partial charge in [0.05, 0.1) is 12.3 Å². The fourth-order valence-corrected chi connectivity index (χ4v) is 2.85. The fraction of sp³-hybridized carbons (Fsp3) is 0.333. The number of ether oxygens (including phenoxy) is 1. The summed E-state index contributed by atoms with van der Waals surface area (Å²) in [6, 6.07) is 16.5. The van der Waals surface area contributed by atoms with Gasteiger partial charge in [-0.15, -0.1) is 0 Å². The molecule has 0 amide bonds. The summed E-state index contributed by atoms with van der Waals surface area (Å²) in [5.74, 6) is 1.01. The molecule has 21 heavy (non-hydrogen) atoms. The largest absolute Gasteiger partial charge is 0.491 e. The summed E-state index contributed by atoms with van der Waals surface area (Å²) < 4.78 is 5.80. The monoisotopic (exact) mass is 282 g/mol. The lowest BCUT2D eigenvalue weighted by Gasteiger charge is -2.23. The first-order valence-electron chi connectivity index (χ1n) is 7.64. The lowest BCUT2D eigenvalue weighted by atomic mass is 10.1. The number of para-hydroxylation sites is 2. The second kappa shape index (κ2) is 6.53. The Morgan fingerprint density at radius 3 is 2.90 bits per heavy atom. The maximum absolute atomic E-state index is 5.83. The zero-order valence-corrected chi connectivity index (χ0v) is 12.3. The average molecular weight is 282 g/mol. The molecule has 2 aromatic carbocycles. The van der Waals surface area contributed by atoms with E-state index in [1.165, 1.54) is 11.3 Å². The van der Waals surface area contributed by atoms with Gasteiger partial charge in [0, 0.05) is 18.8 Å². The van der Waals surface area contributed by atoms with Gasteiger partial charge in [0.2, 0.25) is 0 Å². The molecule has 110 valence electrons. The van der Waals surface area contributed by atoms with Crippen LogP contribution < -0.4 is 15.4 Å². The van der Waals surface area contributed by atoms with Crippen LogP contribution >= 0.6 is 0 Å². The SMILES string of the molecule is Nc1cccc(CCCN2CCCOc3ccccc32)c1. The second-order valence-corrected chi connectivity index (χ2v) is 5.51. The predicted octanol–water partition coefficient (Wildman–Crippen LogP) is 3.49. The third-order valence-corrected chi connectivity index (χ3v) is 3.88. The van der Waals surface area contributed by atoms with Gasteiger partial charge in [0.1, 0.15) is 5.75 Å². The number of fused-ring (bicyclic) bond motifs is 1. The topological polar surface area (TPSA) is 38.5 Å². The van der Waals surface area contributed by atoms with Gasteiger partial charge in [-0.2, -0.15) is 0 Å². The van der Waals surface area contributed by atoms with Crippen molar-refractivity contribution in [3.63, 3.8) is 0 Å². The van der Waals surface area contributed by atoms with Crippen molar-refractivity contribution in [2.75, 3.05) is 30.3 Å². The molecule has 2 N–H and O–H groups in total. The van der Waals surface area contributed by atoms with Crippen LogP contribution in [0.4, 0.5) is 11.4 Å². The standard InChI is InChI=1S/C18H22N2O/c19-16-8-3-6-15(14-16)7-4-11-20-12-5-13-21-18-10-2-1-9-17(18)20/h1-3,6,8-10,14H,4-5,7,11-13,19H2. The molecular formula is C18H22N2O. The molecule has 0 aliphatic carbocycles. The molecule has 1 aliphatic rings. The van der Waals surface area contributed by atoms with Gasteiger partial charge in [0.15, 0.2) is 0 Å². The molecule has 0 atom stereocenters. The van der Waals surface area contributed by atoms with Gasteiger partial charge < -0.3 is 15.4 Å². The van der Waals surface area contributed by atoms with E-state index in [1.54, 1.807) is 0 Å². The molecule has 0 radical (unpaired) electrons. The minimum Gasteiger partial charge on any atom is -0.491 e. The number of nitrogen functional groups attached to an aromatic ring is 1. The van der Waals surface area contributed by atoms with E-state index in [4.69, 9.17) is 10.5 Å². The first-order valence-corrected chi connectivity index (χ1v) is 7.64. The number of rotatable bonds is 4. The summed E-state index contributed by atoms with van der Waals surface area (Å²) in [5.41, 5.74) is 9.22. The molecule has 3 heteroatoms. The molecule has 1 heterocycles. The van der Waals surface area contributed by atoms with Crippen LogP contribution in [0.2, 0.25) is 0 Å². The molecule has 0 fully saturated rings. The van der Waals surface area contributed by atoms with E-state index in [2.05, 4.69) is 35.2 Å². The van der Waals surface area contributed by atoms with Gasteiger partial charge >= 0.3 is 0 Å². The van der Waals surface area contributed by atoms with E-state index in [-0.39, 0.29) is 0 Å². The second-order valence-electron chi connectivity index (χ2n) is 5.51. The number of aryl methyl sites for hydroxylation is 1. The maximum atomic E-state index is 5.83. The Morgan fingerprint density at radius 1 is 1.10 bits per heavy atom. The molecule has 2 aromatic rings. The zero-order chi connectivity index (χ0) is 14.5. The molecule has 0 saturated heterocycles. The van der Waals surface area contributed by atoms with E-state index in [9.17, 15) is 0 Å². The Labute approximate surface area is 126 Å². The van der Waals surface area contributed by atoms with Crippen LogP contribution in [0.3, 0.4) is 0 Å². The lowest BCUT2D eigenvalue weighted by molar-refractivity contribution is 0.322. The Hall–Kier alpha value is -2.16. The molecular weight excluding hydrogens is 260 g/mol. The number of hydrogen-bond acceptors (Lipinski definition) is 3. The van der Waals surface area contributed by atoms with E-state index in [0.717, 1.165) is 50.4 Å². The highest BCUT2D eigenvalue weighted by Crippen LogP contribution is 2.30. The summed E-state index contributed by atoms with van der Waals surface area (Å²) in [7, 11) is 0. The lowest BCUT2D eigenvalue weighted by Crippen LogP contribution is -2.25. The Balaban J connectivity index is 1.62.